The Morgan fingerprint density at radius 3 is 2.75 bits per heavy atom. The van der Waals surface area contributed by atoms with Crippen LogP contribution in [0, 0.1) is 9.49 Å². The average molecular weight is 546 g/mol. The SMILES string of the molecule is C[C@H](/C=C/CC(=O)N1CCC[C@H]1CO)[C@@]1(O)C(=O)N(c2ccccc2)c2ccc(I)cc21. The molecule has 0 unspecified atom stereocenters. The van der Waals surface area contributed by atoms with Gasteiger partial charge in [0.05, 0.1) is 18.3 Å². The fourth-order valence-corrected chi connectivity index (χ4v) is 5.15. The van der Waals surface area contributed by atoms with E-state index in [4.69, 9.17) is 0 Å². The van der Waals surface area contributed by atoms with Gasteiger partial charge in [-0.25, -0.2) is 0 Å². The molecule has 7 heteroatoms. The molecular weight excluding hydrogens is 519 g/mol. The van der Waals surface area contributed by atoms with E-state index in [1.807, 2.05) is 48.5 Å². The minimum Gasteiger partial charge on any atom is -0.394 e. The van der Waals surface area contributed by atoms with E-state index in [1.165, 1.54) is 0 Å². The summed E-state index contributed by atoms with van der Waals surface area (Å²) in [6.45, 7) is 2.43. The number of carbonyl (C=O) groups excluding carboxylic acids is 2. The monoisotopic (exact) mass is 546 g/mol. The van der Waals surface area contributed by atoms with Crippen LogP contribution in [0.15, 0.2) is 60.7 Å². The first-order valence-electron chi connectivity index (χ1n) is 10.9. The van der Waals surface area contributed by atoms with Crippen molar-refractivity contribution in [3.05, 3.63) is 69.8 Å². The van der Waals surface area contributed by atoms with E-state index in [2.05, 4.69) is 22.6 Å². The quantitative estimate of drug-likeness (QED) is 0.428. The molecule has 2 aromatic rings. The Hall–Kier alpha value is -2.23. The van der Waals surface area contributed by atoms with E-state index in [0.29, 0.717) is 23.5 Å². The minimum absolute atomic E-state index is 0.0230. The lowest BCUT2D eigenvalue weighted by Crippen LogP contribution is -2.42. The zero-order valence-corrected chi connectivity index (χ0v) is 20.1. The number of hydrogen-bond acceptors (Lipinski definition) is 4. The first kappa shape index (κ1) is 22.9. The highest BCUT2D eigenvalue weighted by molar-refractivity contribution is 14.1. The summed E-state index contributed by atoms with van der Waals surface area (Å²) in [7, 11) is 0. The molecule has 168 valence electrons. The van der Waals surface area contributed by atoms with Crippen LogP contribution in [0.4, 0.5) is 11.4 Å². The van der Waals surface area contributed by atoms with Gasteiger partial charge in [-0.05, 0) is 65.8 Å². The lowest BCUT2D eigenvalue weighted by molar-refractivity contribution is -0.138. The maximum absolute atomic E-state index is 13.6. The van der Waals surface area contributed by atoms with Gasteiger partial charge in [0.25, 0.3) is 5.91 Å². The second kappa shape index (κ2) is 9.33. The smallest absolute Gasteiger partial charge is 0.268 e. The van der Waals surface area contributed by atoms with Gasteiger partial charge in [-0.2, -0.15) is 0 Å². The number of para-hydroxylation sites is 1. The molecule has 0 bridgehead atoms. The molecule has 0 aromatic heterocycles. The van der Waals surface area contributed by atoms with Crippen LogP contribution in [0.2, 0.25) is 0 Å². The van der Waals surface area contributed by atoms with E-state index in [1.54, 1.807) is 28.9 Å². The second-order valence-electron chi connectivity index (χ2n) is 8.39. The molecule has 0 saturated carbocycles. The molecule has 6 nitrogen and oxygen atoms in total. The molecule has 0 spiro atoms. The van der Waals surface area contributed by atoms with Crippen molar-refractivity contribution in [2.24, 2.45) is 5.92 Å². The number of carbonyl (C=O) groups is 2. The van der Waals surface area contributed by atoms with Crippen LogP contribution >= 0.6 is 22.6 Å². The van der Waals surface area contributed by atoms with Crippen molar-refractivity contribution in [2.45, 2.75) is 37.8 Å². The fourth-order valence-electron chi connectivity index (χ4n) is 4.66. The lowest BCUT2D eigenvalue weighted by Gasteiger charge is -2.28. The highest BCUT2D eigenvalue weighted by Crippen LogP contribution is 2.48. The van der Waals surface area contributed by atoms with Crippen molar-refractivity contribution in [2.75, 3.05) is 18.1 Å². The van der Waals surface area contributed by atoms with Gasteiger partial charge in [0.15, 0.2) is 5.60 Å². The number of aliphatic hydroxyl groups is 2. The number of benzene rings is 2. The zero-order valence-electron chi connectivity index (χ0n) is 17.9. The molecule has 1 saturated heterocycles. The molecule has 0 aliphatic carbocycles. The Kier molecular flexibility index (Phi) is 6.69. The Labute approximate surface area is 201 Å². The number of anilines is 2. The fraction of sp³-hybridized carbons (Fsp3) is 0.360. The minimum atomic E-state index is -1.73. The Morgan fingerprint density at radius 2 is 2.03 bits per heavy atom. The molecule has 3 atom stereocenters. The number of nitrogens with zero attached hydrogens (tertiary/aromatic N) is 2. The van der Waals surface area contributed by atoms with Crippen LogP contribution in [0.5, 0.6) is 0 Å². The van der Waals surface area contributed by atoms with Gasteiger partial charge in [-0.1, -0.05) is 37.3 Å². The maximum Gasteiger partial charge on any atom is 0.268 e. The third kappa shape index (κ3) is 3.97. The van der Waals surface area contributed by atoms with E-state index < -0.39 is 17.4 Å². The molecule has 2 aromatic carbocycles. The van der Waals surface area contributed by atoms with Crippen molar-refractivity contribution in [3.63, 3.8) is 0 Å². The standard InChI is InChI=1S/C25H27IN2O4/c1-17(7-5-11-23(30)27-14-6-10-20(27)16-29)25(32)21-15-18(26)12-13-22(21)28(24(25)31)19-8-3-2-4-9-19/h2-5,7-9,12-13,15,17,20,29,32H,6,10-11,14,16H2,1H3/b7-5+/t17-,20+,25+/m1/s1. The first-order chi connectivity index (χ1) is 15.4. The number of rotatable bonds is 6. The maximum atomic E-state index is 13.6. The Balaban J connectivity index is 1.59. The summed E-state index contributed by atoms with van der Waals surface area (Å²) in [6, 6.07) is 14.8. The van der Waals surface area contributed by atoms with Crippen LogP contribution in [0.25, 0.3) is 0 Å². The zero-order chi connectivity index (χ0) is 22.9. The summed E-state index contributed by atoms with van der Waals surface area (Å²) in [5.74, 6) is -0.986. The van der Waals surface area contributed by atoms with Gasteiger partial charge >= 0.3 is 0 Å². The second-order valence-corrected chi connectivity index (χ2v) is 9.64. The van der Waals surface area contributed by atoms with Gasteiger partial charge in [-0.3, -0.25) is 14.5 Å². The summed E-state index contributed by atoms with van der Waals surface area (Å²) >= 11 is 2.18. The molecule has 1 fully saturated rings. The van der Waals surface area contributed by atoms with Crippen molar-refractivity contribution in [1.29, 1.82) is 0 Å². The van der Waals surface area contributed by atoms with Crippen molar-refractivity contribution in [3.8, 4) is 0 Å². The Morgan fingerprint density at radius 1 is 1.28 bits per heavy atom. The summed E-state index contributed by atoms with van der Waals surface area (Å²) in [6.07, 6.45) is 5.37. The third-order valence-corrected chi connectivity index (χ3v) is 7.11. The van der Waals surface area contributed by atoms with Crippen LogP contribution in [0.1, 0.15) is 31.7 Å². The van der Waals surface area contributed by atoms with Gasteiger partial charge in [-0.15, -0.1) is 0 Å². The molecule has 2 amide bonds. The first-order valence-corrected chi connectivity index (χ1v) is 11.9. The summed E-state index contributed by atoms with van der Waals surface area (Å²) in [5, 5.41) is 21.2. The number of halogens is 1. The van der Waals surface area contributed by atoms with Gasteiger partial charge in [0.2, 0.25) is 5.91 Å². The average Bonchev–Trinajstić information content (AvgIpc) is 3.36. The Bertz CT molecular complexity index is 1040. The van der Waals surface area contributed by atoms with Gasteiger partial charge in [0.1, 0.15) is 0 Å². The van der Waals surface area contributed by atoms with E-state index in [9.17, 15) is 19.8 Å². The van der Waals surface area contributed by atoms with Crippen LogP contribution in [0.3, 0.4) is 0 Å². The molecule has 0 radical (unpaired) electrons. The lowest BCUT2D eigenvalue weighted by atomic mass is 9.83. The summed E-state index contributed by atoms with van der Waals surface area (Å²) in [4.78, 5) is 29.4. The normalized spacial score (nSPS) is 23.8. The van der Waals surface area contributed by atoms with Crippen LogP contribution in [-0.4, -0.2) is 46.1 Å². The predicted octanol–water partition coefficient (Wildman–Crippen LogP) is 3.72. The van der Waals surface area contributed by atoms with Gasteiger partial charge in [0, 0.05) is 33.7 Å². The molecule has 2 aliphatic heterocycles. The molecular formula is C25H27IN2O4. The van der Waals surface area contributed by atoms with Gasteiger partial charge < -0.3 is 15.1 Å². The topological polar surface area (TPSA) is 81.1 Å². The number of likely N-dealkylation sites (tertiary alicyclic amines) is 1. The van der Waals surface area contributed by atoms with Crippen LogP contribution in [-0.2, 0) is 15.2 Å². The number of fused-ring (bicyclic) bond motifs is 1. The van der Waals surface area contributed by atoms with Crippen molar-refractivity contribution in [1.82, 2.24) is 4.90 Å². The highest BCUT2D eigenvalue weighted by atomic mass is 127. The molecule has 2 heterocycles. The third-order valence-electron chi connectivity index (χ3n) is 6.44. The molecule has 2 aliphatic rings. The predicted molar refractivity (Wildman–Crippen MR) is 131 cm³/mol. The summed E-state index contributed by atoms with van der Waals surface area (Å²) in [5.41, 5.74) is 0.212. The molecule has 32 heavy (non-hydrogen) atoms. The highest BCUT2D eigenvalue weighted by Gasteiger charge is 2.53. The summed E-state index contributed by atoms with van der Waals surface area (Å²) < 4.78 is 0.929. The number of hydrogen-bond donors (Lipinski definition) is 2. The van der Waals surface area contributed by atoms with E-state index >= 15 is 0 Å². The molecule has 4 rings (SSSR count). The number of amides is 2. The van der Waals surface area contributed by atoms with Crippen molar-refractivity contribution >= 4 is 45.8 Å². The van der Waals surface area contributed by atoms with Crippen LogP contribution < -0.4 is 4.90 Å². The molecule has 2 N–H and O–H groups in total. The van der Waals surface area contributed by atoms with Crippen molar-refractivity contribution < 1.29 is 19.8 Å². The van der Waals surface area contributed by atoms with E-state index in [-0.39, 0.29) is 25.0 Å². The number of aliphatic hydroxyl groups excluding tert-OH is 1. The van der Waals surface area contributed by atoms with E-state index in [0.717, 1.165) is 16.4 Å². The largest absolute Gasteiger partial charge is 0.394 e.